The van der Waals surface area contributed by atoms with Crippen LogP contribution in [0.15, 0.2) is 12.1 Å². The van der Waals surface area contributed by atoms with Crippen LogP contribution in [0.4, 0.5) is 11.5 Å². The summed E-state index contributed by atoms with van der Waals surface area (Å²) in [6.07, 6.45) is 0. The van der Waals surface area contributed by atoms with E-state index in [1.165, 1.54) is 6.07 Å². The summed E-state index contributed by atoms with van der Waals surface area (Å²) in [5.41, 5.74) is -0.320. The zero-order valence-corrected chi connectivity index (χ0v) is 10.7. The minimum absolute atomic E-state index is 0.147. The third kappa shape index (κ3) is 2.49. The van der Waals surface area contributed by atoms with Crippen molar-refractivity contribution in [2.75, 3.05) is 18.0 Å². The molecule has 0 bridgehead atoms. The van der Waals surface area contributed by atoms with E-state index < -0.39 is 10.9 Å². The van der Waals surface area contributed by atoms with Gasteiger partial charge in [0, 0.05) is 19.2 Å². The minimum Gasteiger partial charge on any atom is -0.477 e. The molecule has 1 aromatic rings. The molecule has 2 unspecified atom stereocenters. The molecule has 1 aliphatic rings. The number of aromatic carboxylic acids is 1. The van der Waals surface area contributed by atoms with Crippen molar-refractivity contribution in [2.45, 2.75) is 13.8 Å². The van der Waals surface area contributed by atoms with E-state index in [9.17, 15) is 14.9 Å². The maximum absolute atomic E-state index is 11.0. The van der Waals surface area contributed by atoms with E-state index in [0.29, 0.717) is 24.9 Å². The maximum Gasteiger partial charge on any atom is 0.354 e. The number of aromatic nitrogens is 1. The second kappa shape index (κ2) is 4.83. The first kappa shape index (κ1) is 13.3. The van der Waals surface area contributed by atoms with Crippen LogP contribution < -0.4 is 4.90 Å². The highest BCUT2D eigenvalue weighted by molar-refractivity contribution is 5.86. The number of rotatable bonds is 3. The Morgan fingerprint density at radius 2 is 2.00 bits per heavy atom. The Bertz CT molecular complexity index is 522. The summed E-state index contributed by atoms with van der Waals surface area (Å²) in [7, 11) is 0. The van der Waals surface area contributed by atoms with E-state index in [1.807, 2.05) is 0 Å². The Kier molecular flexibility index (Phi) is 3.37. The lowest BCUT2D eigenvalue weighted by atomic mass is 10.0. The molecule has 1 fully saturated rings. The zero-order chi connectivity index (χ0) is 14.2. The van der Waals surface area contributed by atoms with Gasteiger partial charge in [0.2, 0.25) is 5.82 Å². The van der Waals surface area contributed by atoms with E-state index in [1.54, 1.807) is 4.90 Å². The number of carbonyl (C=O) groups is 1. The van der Waals surface area contributed by atoms with Crippen LogP contribution in [0, 0.1) is 22.0 Å². The first-order valence-electron chi connectivity index (χ1n) is 6.03. The van der Waals surface area contributed by atoms with E-state index >= 15 is 0 Å². The first-order valence-corrected chi connectivity index (χ1v) is 6.03. The largest absolute Gasteiger partial charge is 0.477 e. The fourth-order valence-corrected chi connectivity index (χ4v) is 2.24. The van der Waals surface area contributed by atoms with Crippen molar-refractivity contribution in [3.63, 3.8) is 0 Å². The molecule has 2 heterocycles. The van der Waals surface area contributed by atoms with Crippen LogP contribution in [0.1, 0.15) is 24.3 Å². The quantitative estimate of drug-likeness (QED) is 0.661. The van der Waals surface area contributed by atoms with Gasteiger partial charge >= 0.3 is 11.7 Å². The van der Waals surface area contributed by atoms with Crippen molar-refractivity contribution in [2.24, 2.45) is 11.8 Å². The van der Waals surface area contributed by atoms with Gasteiger partial charge in [-0.05, 0) is 17.9 Å². The molecule has 1 saturated heterocycles. The van der Waals surface area contributed by atoms with Crippen molar-refractivity contribution in [3.05, 3.63) is 27.9 Å². The maximum atomic E-state index is 11.0. The highest BCUT2D eigenvalue weighted by atomic mass is 16.6. The predicted molar refractivity (Wildman–Crippen MR) is 68.4 cm³/mol. The van der Waals surface area contributed by atoms with Crippen LogP contribution in [0.2, 0.25) is 0 Å². The second-order valence-electron chi connectivity index (χ2n) is 4.96. The molecule has 0 amide bonds. The topological polar surface area (TPSA) is 96.6 Å². The van der Waals surface area contributed by atoms with Crippen molar-refractivity contribution in [3.8, 4) is 0 Å². The molecule has 7 nitrogen and oxygen atoms in total. The SMILES string of the molecule is CC1CN(c2nc(C(=O)O)ccc2[N+](=O)[O-])CC1C. The Morgan fingerprint density at radius 1 is 1.42 bits per heavy atom. The number of hydrogen-bond acceptors (Lipinski definition) is 5. The molecule has 1 aromatic heterocycles. The molecular formula is C12H15N3O4. The smallest absolute Gasteiger partial charge is 0.354 e. The molecule has 0 aromatic carbocycles. The standard InChI is InChI=1S/C12H15N3O4/c1-7-5-14(6-8(7)2)11-10(15(18)19)4-3-9(13-11)12(16)17/h3-4,7-8H,5-6H2,1-2H3,(H,16,17). The van der Waals surface area contributed by atoms with E-state index in [0.717, 1.165) is 6.07 Å². The summed E-state index contributed by atoms with van der Waals surface area (Å²) in [6.45, 7) is 5.44. The summed E-state index contributed by atoms with van der Waals surface area (Å²) < 4.78 is 0. The Labute approximate surface area is 110 Å². The molecule has 1 N–H and O–H groups in total. The van der Waals surface area contributed by atoms with Gasteiger partial charge in [0.25, 0.3) is 0 Å². The normalized spacial score (nSPS) is 22.5. The number of nitrogens with zero attached hydrogens (tertiary/aromatic N) is 3. The average Bonchev–Trinajstić information content (AvgIpc) is 2.68. The second-order valence-corrected chi connectivity index (χ2v) is 4.96. The summed E-state index contributed by atoms with van der Waals surface area (Å²) in [5, 5.41) is 19.9. The molecule has 19 heavy (non-hydrogen) atoms. The summed E-state index contributed by atoms with van der Waals surface area (Å²) in [5.74, 6) is -0.234. The Hall–Kier alpha value is -2.18. The van der Waals surface area contributed by atoms with Gasteiger partial charge in [-0.3, -0.25) is 10.1 Å². The Balaban J connectivity index is 2.44. The zero-order valence-electron chi connectivity index (χ0n) is 10.7. The highest BCUT2D eigenvalue weighted by Crippen LogP contribution is 2.32. The van der Waals surface area contributed by atoms with Crippen LogP contribution in [-0.2, 0) is 0 Å². The average molecular weight is 265 g/mol. The van der Waals surface area contributed by atoms with Crippen molar-refractivity contribution in [1.82, 2.24) is 4.98 Å². The number of pyridine rings is 1. The minimum atomic E-state index is -1.18. The van der Waals surface area contributed by atoms with Crippen molar-refractivity contribution >= 4 is 17.5 Å². The summed E-state index contributed by atoms with van der Waals surface area (Å²) in [6, 6.07) is 2.37. The summed E-state index contributed by atoms with van der Waals surface area (Å²) in [4.78, 5) is 27.1. The van der Waals surface area contributed by atoms with Gasteiger partial charge in [0.05, 0.1) is 4.92 Å². The fourth-order valence-electron chi connectivity index (χ4n) is 2.24. The lowest BCUT2D eigenvalue weighted by molar-refractivity contribution is -0.384. The van der Waals surface area contributed by atoms with Crippen LogP contribution in [-0.4, -0.2) is 34.1 Å². The molecule has 102 valence electrons. The van der Waals surface area contributed by atoms with E-state index in [2.05, 4.69) is 18.8 Å². The van der Waals surface area contributed by atoms with Gasteiger partial charge in [-0.25, -0.2) is 9.78 Å². The first-order chi connectivity index (χ1) is 8.90. The molecule has 0 saturated carbocycles. The molecule has 7 heteroatoms. The molecule has 0 aliphatic carbocycles. The molecule has 1 aliphatic heterocycles. The van der Waals surface area contributed by atoms with Gasteiger partial charge in [-0.1, -0.05) is 13.8 Å². The van der Waals surface area contributed by atoms with Crippen LogP contribution in [0.25, 0.3) is 0 Å². The molecule has 0 spiro atoms. The predicted octanol–water partition coefficient (Wildman–Crippen LogP) is 1.78. The Morgan fingerprint density at radius 3 is 2.47 bits per heavy atom. The van der Waals surface area contributed by atoms with Crippen molar-refractivity contribution < 1.29 is 14.8 Å². The van der Waals surface area contributed by atoms with Gasteiger partial charge in [0.15, 0.2) is 5.69 Å². The van der Waals surface area contributed by atoms with E-state index in [-0.39, 0.29) is 17.2 Å². The van der Waals surface area contributed by atoms with E-state index in [4.69, 9.17) is 5.11 Å². The molecule has 2 rings (SSSR count). The van der Waals surface area contributed by atoms with Gasteiger partial charge < -0.3 is 10.0 Å². The molecule has 0 radical (unpaired) electrons. The number of carboxylic acid groups (broad SMARTS) is 1. The van der Waals surface area contributed by atoms with Gasteiger partial charge in [-0.15, -0.1) is 0 Å². The van der Waals surface area contributed by atoms with Crippen molar-refractivity contribution in [1.29, 1.82) is 0 Å². The van der Waals surface area contributed by atoms with Crippen LogP contribution >= 0.6 is 0 Å². The molecule has 2 atom stereocenters. The van der Waals surface area contributed by atoms with Crippen LogP contribution in [0.3, 0.4) is 0 Å². The third-order valence-electron chi connectivity index (χ3n) is 3.56. The molecular weight excluding hydrogens is 250 g/mol. The van der Waals surface area contributed by atoms with Gasteiger partial charge in [0.1, 0.15) is 0 Å². The third-order valence-corrected chi connectivity index (χ3v) is 3.56. The number of anilines is 1. The fraction of sp³-hybridized carbons (Fsp3) is 0.500. The highest BCUT2D eigenvalue weighted by Gasteiger charge is 2.32. The lowest BCUT2D eigenvalue weighted by Gasteiger charge is -2.17. The lowest BCUT2D eigenvalue weighted by Crippen LogP contribution is -2.23. The number of hydrogen-bond donors (Lipinski definition) is 1. The summed E-state index contributed by atoms with van der Waals surface area (Å²) >= 11 is 0. The number of carboxylic acids is 1. The number of nitro groups is 1. The van der Waals surface area contributed by atoms with Crippen LogP contribution in [0.5, 0.6) is 0 Å². The monoisotopic (exact) mass is 265 g/mol. The van der Waals surface area contributed by atoms with Gasteiger partial charge in [-0.2, -0.15) is 0 Å².